The van der Waals surface area contributed by atoms with Crippen LogP contribution in [0.25, 0.3) is 0 Å². The molecular formula is C9H6BrClF3N. The van der Waals surface area contributed by atoms with Crippen molar-refractivity contribution in [2.45, 2.75) is 13.1 Å². The maximum absolute atomic E-state index is 12.1. The van der Waals surface area contributed by atoms with Crippen molar-refractivity contribution in [3.63, 3.8) is 0 Å². The summed E-state index contributed by atoms with van der Waals surface area (Å²) in [5.41, 5.74) is 1.08. The minimum atomic E-state index is -4.61. The quantitative estimate of drug-likeness (QED) is 0.673. The van der Waals surface area contributed by atoms with Crippen LogP contribution in [0.3, 0.4) is 0 Å². The van der Waals surface area contributed by atoms with Crippen LogP contribution in [-0.4, -0.2) is 11.3 Å². The Labute approximate surface area is 98.1 Å². The van der Waals surface area contributed by atoms with Gasteiger partial charge in [0.15, 0.2) is 0 Å². The third-order valence-corrected chi connectivity index (χ3v) is 2.49. The molecule has 0 saturated heterocycles. The lowest BCUT2D eigenvalue weighted by atomic mass is 10.2. The fourth-order valence-electron chi connectivity index (χ4n) is 0.872. The van der Waals surface area contributed by atoms with Gasteiger partial charge in [0.1, 0.15) is 0 Å². The number of benzene rings is 1. The van der Waals surface area contributed by atoms with Crippen LogP contribution >= 0.6 is 27.5 Å². The summed E-state index contributed by atoms with van der Waals surface area (Å²) in [6, 6.07) is 4.79. The normalized spacial score (nSPS) is 13.1. The van der Waals surface area contributed by atoms with E-state index in [0.29, 0.717) is 4.47 Å². The Bertz CT molecular complexity index is 401. The average molecular weight is 301 g/mol. The maximum Gasteiger partial charge on any atom is 0.444 e. The summed E-state index contributed by atoms with van der Waals surface area (Å²) in [5, 5.41) is -1.38. The van der Waals surface area contributed by atoms with E-state index in [1.54, 1.807) is 12.1 Å². The molecule has 0 radical (unpaired) electrons. The summed E-state index contributed by atoms with van der Waals surface area (Å²) in [6.45, 7) is 1.82. The van der Waals surface area contributed by atoms with E-state index >= 15 is 0 Å². The van der Waals surface area contributed by atoms with Crippen molar-refractivity contribution < 1.29 is 13.2 Å². The number of nitrogens with zero attached hydrogens (tertiary/aromatic N) is 1. The first kappa shape index (κ1) is 12.5. The van der Waals surface area contributed by atoms with E-state index in [-0.39, 0.29) is 5.69 Å². The van der Waals surface area contributed by atoms with Gasteiger partial charge in [-0.05, 0) is 40.5 Å². The summed E-state index contributed by atoms with van der Waals surface area (Å²) in [7, 11) is 0. The highest BCUT2D eigenvalue weighted by Gasteiger charge is 2.34. The average Bonchev–Trinajstić information content (AvgIpc) is 2.08. The second-order valence-corrected chi connectivity index (χ2v) is 4.07. The molecule has 15 heavy (non-hydrogen) atoms. The predicted molar refractivity (Wildman–Crippen MR) is 57.9 cm³/mol. The molecule has 82 valence electrons. The van der Waals surface area contributed by atoms with Gasteiger partial charge in [0.25, 0.3) is 0 Å². The Morgan fingerprint density at radius 1 is 1.40 bits per heavy atom. The topological polar surface area (TPSA) is 12.4 Å². The molecule has 1 rings (SSSR count). The lowest BCUT2D eigenvalue weighted by molar-refractivity contribution is -0.0558. The number of halogens is 5. The van der Waals surface area contributed by atoms with Gasteiger partial charge in [-0.2, -0.15) is 13.2 Å². The van der Waals surface area contributed by atoms with Crippen molar-refractivity contribution in [3.8, 4) is 0 Å². The number of hydrogen-bond donors (Lipinski definition) is 0. The van der Waals surface area contributed by atoms with Gasteiger partial charge in [0.2, 0.25) is 5.17 Å². The molecule has 0 fully saturated rings. The SMILES string of the molecule is Cc1ccc(N=C(Cl)C(F)(F)F)c(Br)c1. The molecule has 0 amide bonds. The van der Waals surface area contributed by atoms with Gasteiger partial charge < -0.3 is 0 Å². The Balaban J connectivity index is 3.09. The molecule has 0 heterocycles. The van der Waals surface area contributed by atoms with Crippen molar-refractivity contribution in [1.82, 2.24) is 0 Å². The molecule has 1 aromatic carbocycles. The smallest absolute Gasteiger partial charge is 0.231 e. The lowest BCUT2D eigenvalue weighted by Gasteiger charge is -2.04. The molecule has 0 unspecified atom stereocenters. The maximum atomic E-state index is 12.1. The molecule has 0 saturated carbocycles. The van der Waals surface area contributed by atoms with Gasteiger partial charge in [0, 0.05) is 4.47 Å². The molecule has 0 aliphatic heterocycles. The standard InChI is InChI=1S/C9H6BrClF3N/c1-5-2-3-7(6(10)4-5)15-8(11)9(12,13)14/h2-4H,1H3. The lowest BCUT2D eigenvalue weighted by Crippen LogP contribution is -2.16. The molecular weight excluding hydrogens is 294 g/mol. The van der Waals surface area contributed by atoms with Gasteiger partial charge in [-0.3, -0.25) is 0 Å². The van der Waals surface area contributed by atoms with Gasteiger partial charge in [-0.1, -0.05) is 17.7 Å². The third-order valence-electron chi connectivity index (χ3n) is 1.56. The minimum absolute atomic E-state index is 0.155. The largest absolute Gasteiger partial charge is 0.444 e. The first-order chi connectivity index (χ1) is 6.80. The Morgan fingerprint density at radius 3 is 2.47 bits per heavy atom. The number of aryl methyl sites for hydroxylation is 1. The Hall–Kier alpha value is -0.550. The monoisotopic (exact) mass is 299 g/mol. The van der Waals surface area contributed by atoms with Crippen molar-refractivity contribution in [3.05, 3.63) is 28.2 Å². The van der Waals surface area contributed by atoms with E-state index in [2.05, 4.69) is 20.9 Å². The molecule has 0 spiro atoms. The van der Waals surface area contributed by atoms with E-state index < -0.39 is 11.3 Å². The molecule has 0 bridgehead atoms. The van der Waals surface area contributed by atoms with Crippen molar-refractivity contribution in [2.75, 3.05) is 0 Å². The van der Waals surface area contributed by atoms with E-state index in [1.807, 2.05) is 6.92 Å². The molecule has 1 aromatic rings. The summed E-state index contributed by atoms with van der Waals surface area (Å²) in [5.74, 6) is 0. The highest BCUT2D eigenvalue weighted by molar-refractivity contribution is 9.10. The molecule has 6 heteroatoms. The van der Waals surface area contributed by atoms with E-state index in [0.717, 1.165) is 5.56 Å². The zero-order valence-corrected chi connectivity index (χ0v) is 9.91. The zero-order valence-electron chi connectivity index (χ0n) is 7.57. The summed E-state index contributed by atoms with van der Waals surface area (Å²) >= 11 is 8.12. The van der Waals surface area contributed by atoms with Crippen LogP contribution in [0.1, 0.15) is 5.56 Å². The van der Waals surface area contributed by atoms with Gasteiger partial charge in [-0.25, -0.2) is 4.99 Å². The summed E-state index contributed by atoms with van der Waals surface area (Å²) in [4.78, 5) is 3.28. The van der Waals surface area contributed by atoms with Crippen LogP contribution in [0.15, 0.2) is 27.7 Å². The number of hydrogen-bond acceptors (Lipinski definition) is 1. The fourth-order valence-corrected chi connectivity index (χ4v) is 1.54. The highest BCUT2D eigenvalue weighted by Crippen LogP contribution is 2.29. The molecule has 0 aliphatic carbocycles. The number of alkyl halides is 3. The molecule has 0 aromatic heterocycles. The number of rotatable bonds is 1. The zero-order chi connectivity index (χ0) is 11.6. The first-order valence-corrected chi connectivity index (χ1v) is 5.05. The summed E-state index contributed by atoms with van der Waals surface area (Å²) in [6.07, 6.45) is -4.61. The Kier molecular flexibility index (Phi) is 3.78. The molecule has 0 atom stereocenters. The van der Waals surface area contributed by atoms with Gasteiger partial charge in [-0.15, -0.1) is 0 Å². The van der Waals surface area contributed by atoms with Crippen LogP contribution in [0.2, 0.25) is 0 Å². The van der Waals surface area contributed by atoms with Gasteiger partial charge in [0.05, 0.1) is 5.69 Å². The molecule has 0 aliphatic rings. The van der Waals surface area contributed by atoms with E-state index in [9.17, 15) is 13.2 Å². The van der Waals surface area contributed by atoms with Crippen molar-refractivity contribution >= 4 is 38.4 Å². The highest BCUT2D eigenvalue weighted by atomic mass is 79.9. The Morgan fingerprint density at radius 2 is 2.00 bits per heavy atom. The fraction of sp³-hybridized carbons (Fsp3) is 0.222. The first-order valence-electron chi connectivity index (χ1n) is 3.88. The van der Waals surface area contributed by atoms with Crippen LogP contribution < -0.4 is 0 Å². The molecule has 0 N–H and O–H groups in total. The predicted octanol–water partition coefficient (Wildman–Crippen LogP) is 4.59. The van der Waals surface area contributed by atoms with Crippen LogP contribution in [0.4, 0.5) is 18.9 Å². The second kappa shape index (κ2) is 4.53. The van der Waals surface area contributed by atoms with E-state index in [1.165, 1.54) is 6.07 Å². The van der Waals surface area contributed by atoms with Crippen LogP contribution in [0.5, 0.6) is 0 Å². The van der Waals surface area contributed by atoms with Crippen molar-refractivity contribution in [2.24, 2.45) is 4.99 Å². The van der Waals surface area contributed by atoms with E-state index in [4.69, 9.17) is 11.6 Å². The third kappa shape index (κ3) is 3.50. The number of aliphatic imine (C=N–C) groups is 1. The van der Waals surface area contributed by atoms with Crippen LogP contribution in [-0.2, 0) is 0 Å². The summed E-state index contributed by atoms with van der Waals surface area (Å²) < 4.78 is 36.7. The van der Waals surface area contributed by atoms with Crippen LogP contribution in [0, 0.1) is 6.92 Å². The minimum Gasteiger partial charge on any atom is -0.231 e. The second-order valence-electron chi connectivity index (χ2n) is 2.86. The van der Waals surface area contributed by atoms with Gasteiger partial charge >= 0.3 is 6.18 Å². The van der Waals surface area contributed by atoms with Crippen molar-refractivity contribution in [1.29, 1.82) is 0 Å². The molecule has 1 nitrogen and oxygen atoms in total.